The maximum atomic E-state index is 5.45. The molecular formula is C16H15N3O2. The second-order valence-corrected chi connectivity index (χ2v) is 5.11. The summed E-state index contributed by atoms with van der Waals surface area (Å²) in [7, 11) is 0. The lowest BCUT2D eigenvalue weighted by Gasteiger charge is -2.03. The lowest BCUT2D eigenvalue weighted by molar-refractivity contribution is 0.193. The zero-order valence-corrected chi connectivity index (χ0v) is 11.5. The lowest BCUT2D eigenvalue weighted by atomic mass is 10.1. The van der Waals surface area contributed by atoms with Gasteiger partial charge in [-0.15, -0.1) is 0 Å². The maximum Gasteiger partial charge on any atom is 0.166 e. The molecule has 1 fully saturated rings. The van der Waals surface area contributed by atoms with Gasteiger partial charge in [0.05, 0.1) is 24.1 Å². The van der Waals surface area contributed by atoms with Crippen molar-refractivity contribution in [3.8, 4) is 17.1 Å². The molecule has 3 heterocycles. The molecule has 0 bridgehead atoms. The van der Waals surface area contributed by atoms with E-state index in [-0.39, 0.29) is 5.92 Å². The molecule has 4 rings (SSSR count). The van der Waals surface area contributed by atoms with Crippen LogP contribution in [0.2, 0.25) is 0 Å². The summed E-state index contributed by atoms with van der Waals surface area (Å²) in [6.07, 6.45) is 4.32. The van der Waals surface area contributed by atoms with E-state index < -0.39 is 0 Å². The minimum absolute atomic E-state index is 0.278. The number of aromatic nitrogens is 3. The van der Waals surface area contributed by atoms with Crippen molar-refractivity contribution in [2.24, 2.45) is 0 Å². The van der Waals surface area contributed by atoms with Crippen LogP contribution in [0.25, 0.3) is 17.1 Å². The van der Waals surface area contributed by atoms with Crippen molar-refractivity contribution in [3.05, 3.63) is 54.7 Å². The molecule has 3 aromatic rings. The highest BCUT2D eigenvalue weighted by Crippen LogP contribution is 2.27. The van der Waals surface area contributed by atoms with Crippen LogP contribution in [0, 0.1) is 0 Å². The zero-order chi connectivity index (χ0) is 14.1. The SMILES string of the molecule is c1ccc(-n2nc([C@@H]3CCOC3)nc2-c2ccoc2)cc1. The van der Waals surface area contributed by atoms with Crippen molar-refractivity contribution in [2.45, 2.75) is 12.3 Å². The Morgan fingerprint density at radius 2 is 2.05 bits per heavy atom. The van der Waals surface area contributed by atoms with Gasteiger partial charge in [-0.05, 0) is 24.6 Å². The summed E-state index contributed by atoms with van der Waals surface area (Å²) in [5.41, 5.74) is 1.92. The first-order chi connectivity index (χ1) is 10.4. The average molecular weight is 281 g/mol. The highest BCUT2D eigenvalue weighted by atomic mass is 16.5. The van der Waals surface area contributed by atoms with Gasteiger partial charge in [-0.25, -0.2) is 9.67 Å². The molecule has 0 amide bonds. The van der Waals surface area contributed by atoms with Gasteiger partial charge < -0.3 is 9.15 Å². The number of ether oxygens (including phenoxy) is 1. The van der Waals surface area contributed by atoms with Gasteiger partial charge in [-0.1, -0.05) is 18.2 Å². The Kier molecular flexibility index (Phi) is 3.05. The Morgan fingerprint density at radius 1 is 1.14 bits per heavy atom. The van der Waals surface area contributed by atoms with Gasteiger partial charge in [0.1, 0.15) is 6.26 Å². The number of furan rings is 1. The van der Waals surface area contributed by atoms with E-state index in [1.165, 1.54) is 0 Å². The van der Waals surface area contributed by atoms with E-state index in [9.17, 15) is 0 Å². The van der Waals surface area contributed by atoms with Gasteiger partial charge in [-0.3, -0.25) is 0 Å². The van der Waals surface area contributed by atoms with Crippen molar-refractivity contribution < 1.29 is 9.15 Å². The van der Waals surface area contributed by atoms with Crippen LogP contribution in [0.15, 0.2) is 53.3 Å². The normalized spacial score (nSPS) is 18.2. The number of hydrogen-bond donors (Lipinski definition) is 0. The summed E-state index contributed by atoms with van der Waals surface area (Å²) in [6.45, 7) is 1.48. The molecule has 0 radical (unpaired) electrons. The minimum Gasteiger partial charge on any atom is -0.472 e. The third kappa shape index (κ3) is 2.25. The number of benzene rings is 1. The largest absolute Gasteiger partial charge is 0.472 e. The fraction of sp³-hybridized carbons (Fsp3) is 0.250. The van der Waals surface area contributed by atoms with Crippen LogP contribution in [0.5, 0.6) is 0 Å². The van der Waals surface area contributed by atoms with Gasteiger partial charge in [0.25, 0.3) is 0 Å². The predicted octanol–water partition coefficient (Wildman–Crippen LogP) is 3.03. The van der Waals surface area contributed by atoms with E-state index in [1.807, 2.05) is 41.1 Å². The molecule has 5 heteroatoms. The summed E-state index contributed by atoms with van der Waals surface area (Å²) in [5.74, 6) is 1.92. The molecule has 1 aliphatic heterocycles. The Labute approximate surface area is 122 Å². The molecule has 0 unspecified atom stereocenters. The van der Waals surface area contributed by atoms with Gasteiger partial charge in [0.2, 0.25) is 0 Å². The fourth-order valence-electron chi connectivity index (χ4n) is 2.57. The van der Waals surface area contributed by atoms with Crippen LogP contribution in [0.3, 0.4) is 0 Å². The Morgan fingerprint density at radius 3 is 2.76 bits per heavy atom. The molecule has 106 valence electrons. The van der Waals surface area contributed by atoms with Crippen molar-refractivity contribution in [2.75, 3.05) is 13.2 Å². The topological polar surface area (TPSA) is 53.1 Å². The standard InChI is InChI=1S/C16H15N3O2/c1-2-4-14(5-3-1)19-16(13-7-9-21-11-13)17-15(18-19)12-6-8-20-10-12/h1-5,7,9,11-12H,6,8,10H2/t12-/m1/s1. The third-order valence-electron chi connectivity index (χ3n) is 3.70. The molecule has 1 aliphatic rings. The molecule has 0 aliphatic carbocycles. The molecule has 5 nitrogen and oxygen atoms in total. The number of rotatable bonds is 3. The molecule has 0 saturated carbocycles. The van der Waals surface area contributed by atoms with Crippen molar-refractivity contribution in [1.29, 1.82) is 0 Å². The summed E-state index contributed by atoms with van der Waals surface area (Å²) >= 11 is 0. The molecule has 1 saturated heterocycles. The van der Waals surface area contributed by atoms with E-state index >= 15 is 0 Å². The van der Waals surface area contributed by atoms with Crippen LogP contribution >= 0.6 is 0 Å². The Bertz CT molecular complexity index is 713. The minimum atomic E-state index is 0.278. The molecule has 1 atom stereocenters. The first-order valence-electron chi connectivity index (χ1n) is 7.04. The summed E-state index contributed by atoms with van der Waals surface area (Å²) in [6, 6.07) is 11.9. The van der Waals surface area contributed by atoms with Crippen molar-refractivity contribution >= 4 is 0 Å². The molecular weight excluding hydrogens is 266 g/mol. The second-order valence-electron chi connectivity index (χ2n) is 5.11. The van der Waals surface area contributed by atoms with E-state index in [0.717, 1.165) is 35.9 Å². The zero-order valence-electron chi connectivity index (χ0n) is 11.5. The smallest absolute Gasteiger partial charge is 0.166 e. The number of para-hydroxylation sites is 1. The molecule has 21 heavy (non-hydrogen) atoms. The molecule has 0 N–H and O–H groups in total. The highest BCUT2D eigenvalue weighted by Gasteiger charge is 2.24. The molecule has 1 aromatic carbocycles. The Hall–Kier alpha value is -2.40. The molecule has 0 spiro atoms. The van der Waals surface area contributed by atoms with Crippen LogP contribution in [0.4, 0.5) is 0 Å². The van der Waals surface area contributed by atoms with E-state index in [1.54, 1.807) is 12.5 Å². The number of hydrogen-bond acceptors (Lipinski definition) is 4. The first kappa shape index (κ1) is 12.3. The maximum absolute atomic E-state index is 5.45. The first-order valence-corrected chi connectivity index (χ1v) is 7.04. The quantitative estimate of drug-likeness (QED) is 0.740. The van der Waals surface area contributed by atoms with Gasteiger partial charge in [-0.2, -0.15) is 5.10 Å². The number of nitrogens with zero attached hydrogens (tertiary/aromatic N) is 3. The van der Waals surface area contributed by atoms with E-state index in [2.05, 4.69) is 0 Å². The van der Waals surface area contributed by atoms with Gasteiger partial charge in [0, 0.05) is 12.5 Å². The fourth-order valence-corrected chi connectivity index (χ4v) is 2.57. The lowest BCUT2D eigenvalue weighted by Crippen LogP contribution is -2.02. The van der Waals surface area contributed by atoms with E-state index in [4.69, 9.17) is 19.2 Å². The summed E-state index contributed by atoms with van der Waals surface area (Å²) in [5, 5.41) is 4.70. The predicted molar refractivity (Wildman–Crippen MR) is 77.2 cm³/mol. The van der Waals surface area contributed by atoms with Crippen LogP contribution < -0.4 is 0 Å². The van der Waals surface area contributed by atoms with E-state index in [0.29, 0.717) is 6.61 Å². The van der Waals surface area contributed by atoms with Crippen molar-refractivity contribution in [3.63, 3.8) is 0 Å². The highest BCUT2D eigenvalue weighted by molar-refractivity contribution is 5.56. The third-order valence-corrected chi connectivity index (χ3v) is 3.70. The molecule has 2 aromatic heterocycles. The Balaban J connectivity index is 1.83. The van der Waals surface area contributed by atoms with Crippen molar-refractivity contribution in [1.82, 2.24) is 14.8 Å². The average Bonchev–Trinajstić information content (AvgIpc) is 3.27. The van der Waals surface area contributed by atoms with Crippen LogP contribution in [-0.2, 0) is 4.74 Å². The summed E-state index contributed by atoms with van der Waals surface area (Å²) < 4.78 is 12.5. The second kappa shape index (κ2) is 5.18. The summed E-state index contributed by atoms with van der Waals surface area (Å²) in [4.78, 5) is 4.72. The van der Waals surface area contributed by atoms with Gasteiger partial charge >= 0.3 is 0 Å². The van der Waals surface area contributed by atoms with Crippen LogP contribution in [-0.4, -0.2) is 28.0 Å². The monoisotopic (exact) mass is 281 g/mol. The van der Waals surface area contributed by atoms with Gasteiger partial charge in [0.15, 0.2) is 11.6 Å². The van der Waals surface area contributed by atoms with Crippen LogP contribution in [0.1, 0.15) is 18.2 Å².